The molecule has 0 radical (unpaired) electrons. The molecule has 4 rings (SSSR count). The van der Waals surface area contributed by atoms with Gasteiger partial charge in [-0.25, -0.2) is 15.0 Å². The number of aromatic nitrogens is 3. The quantitative estimate of drug-likeness (QED) is 0.862. The molecule has 0 aromatic carbocycles. The minimum Gasteiger partial charge on any atom is -0.339 e. The maximum atomic E-state index is 4.59. The fraction of sp³-hybridized carbons (Fsp3) is 0.588. The largest absolute Gasteiger partial charge is 0.339 e. The number of anilines is 1. The van der Waals surface area contributed by atoms with Crippen LogP contribution in [0.25, 0.3) is 0 Å². The molecule has 0 atom stereocenters. The van der Waals surface area contributed by atoms with Crippen molar-refractivity contribution >= 4 is 17.3 Å². The zero-order valence-corrected chi connectivity index (χ0v) is 14.6. The predicted molar refractivity (Wildman–Crippen MR) is 92.8 cm³/mol. The molecule has 1 spiro atoms. The van der Waals surface area contributed by atoms with Gasteiger partial charge in [-0.1, -0.05) is 6.92 Å². The number of aryl methyl sites for hydroxylation is 2. The van der Waals surface area contributed by atoms with Gasteiger partial charge in [0.25, 0.3) is 0 Å². The predicted octanol–water partition coefficient (Wildman–Crippen LogP) is 2.52. The molecule has 0 bridgehead atoms. The van der Waals surface area contributed by atoms with E-state index in [9.17, 15) is 0 Å². The maximum Gasteiger partial charge on any atom is 0.225 e. The van der Waals surface area contributed by atoms with Crippen molar-refractivity contribution in [3.05, 3.63) is 34.0 Å². The summed E-state index contributed by atoms with van der Waals surface area (Å²) in [4.78, 5) is 18.5. The summed E-state index contributed by atoms with van der Waals surface area (Å²) in [6.45, 7) is 9.73. The van der Waals surface area contributed by atoms with E-state index >= 15 is 0 Å². The van der Waals surface area contributed by atoms with Crippen LogP contribution >= 0.6 is 11.3 Å². The summed E-state index contributed by atoms with van der Waals surface area (Å²) in [7, 11) is 0. The molecule has 2 aliphatic heterocycles. The molecule has 2 fully saturated rings. The molecular weight excluding hydrogens is 306 g/mol. The molecule has 5 nitrogen and oxygen atoms in total. The minimum absolute atomic E-state index is 0.442. The summed E-state index contributed by atoms with van der Waals surface area (Å²) in [6, 6.07) is 0. The van der Waals surface area contributed by atoms with E-state index in [2.05, 4.69) is 44.0 Å². The summed E-state index contributed by atoms with van der Waals surface area (Å²) in [6.07, 6.45) is 6.19. The Morgan fingerprint density at radius 1 is 1.22 bits per heavy atom. The number of hydrogen-bond acceptors (Lipinski definition) is 6. The molecule has 0 amide bonds. The van der Waals surface area contributed by atoms with Crippen LogP contribution < -0.4 is 4.90 Å². The molecule has 23 heavy (non-hydrogen) atoms. The van der Waals surface area contributed by atoms with E-state index in [1.165, 1.54) is 30.8 Å². The van der Waals surface area contributed by atoms with Crippen LogP contribution in [0.2, 0.25) is 0 Å². The Morgan fingerprint density at radius 3 is 2.65 bits per heavy atom. The van der Waals surface area contributed by atoms with Gasteiger partial charge >= 0.3 is 0 Å². The van der Waals surface area contributed by atoms with Gasteiger partial charge in [-0.15, -0.1) is 11.3 Å². The van der Waals surface area contributed by atoms with Crippen LogP contribution in [0.5, 0.6) is 0 Å². The Balaban J connectivity index is 1.33. The summed E-state index contributed by atoms with van der Waals surface area (Å²) in [5, 5.41) is 3.35. The van der Waals surface area contributed by atoms with Crippen molar-refractivity contribution in [2.75, 3.05) is 31.1 Å². The lowest BCUT2D eigenvalue weighted by Crippen LogP contribution is -2.58. The van der Waals surface area contributed by atoms with Crippen molar-refractivity contribution < 1.29 is 0 Å². The van der Waals surface area contributed by atoms with E-state index in [4.69, 9.17) is 0 Å². The van der Waals surface area contributed by atoms with Crippen molar-refractivity contribution in [2.45, 2.75) is 33.2 Å². The summed E-state index contributed by atoms with van der Waals surface area (Å²) in [5.41, 5.74) is 2.87. The highest BCUT2D eigenvalue weighted by molar-refractivity contribution is 7.09. The monoisotopic (exact) mass is 329 g/mol. The normalized spacial score (nSPS) is 20.2. The Labute approximate surface area is 141 Å². The zero-order valence-electron chi connectivity index (χ0n) is 13.8. The van der Waals surface area contributed by atoms with Gasteiger partial charge < -0.3 is 4.90 Å². The van der Waals surface area contributed by atoms with Crippen LogP contribution in [0.4, 0.5) is 5.95 Å². The average Bonchev–Trinajstić information content (AvgIpc) is 3.13. The molecule has 4 heterocycles. The highest BCUT2D eigenvalue weighted by atomic mass is 32.1. The molecule has 2 aromatic rings. The van der Waals surface area contributed by atoms with Crippen molar-refractivity contribution in [1.29, 1.82) is 0 Å². The molecule has 0 N–H and O–H groups in total. The third kappa shape index (κ3) is 2.97. The first kappa shape index (κ1) is 15.0. The van der Waals surface area contributed by atoms with Crippen LogP contribution in [-0.4, -0.2) is 46.0 Å². The molecule has 0 aliphatic carbocycles. The average molecular weight is 329 g/mol. The van der Waals surface area contributed by atoms with Crippen LogP contribution in [0.3, 0.4) is 0 Å². The van der Waals surface area contributed by atoms with Gasteiger partial charge in [0, 0.05) is 49.4 Å². The van der Waals surface area contributed by atoms with Gasteiger partial charge in [0.2, 0.25) is 5.95 Å². The zero-order chi connectivity index (χ0) is 15.9. The molecule has 0 saturated carbocycles. The molecule has 2 aliphatic rings. The number of nitrogens with zero attached hydrogens (tertiary/aromatic N) is 5. The van der Waals surface area contributed by atoms with E-state index < -0.39 is 0 Å². The smallest absolute Gasteiger partial charge is 0.225 e. The molecule has 0 unspecified atom stereocenters. The lowest BCUT2D eigenvalue weighted by atomic mass is 9.79. The SMILES string of the molecule is CCc1cnc(N2CC3(CCN(Cc4csc(C)n4)C3)C2)nc1. The lowest BCUT2D eigenvalue weighted by Gasteiger charge is -2.48. The summed E-state index contributed by atoms with van der Waals surface area (Å²) < 4.78 is 0. The third-order valence-electron chi connectivity index (χ3n) is 5.00. The first-order valence-electron chi connectivity index (χ1n) is 8.35. The third-order valence-corrected chi connectivity index (χ3v) is 5.83. The highest BCUT2D eigenvalue weighted by Gasteiger charge is 2.48. The number of thiazole rings is 1. The fourth-order valence-corrected chi connectivity index (χ4v) is 4.33. The topological polar surface area (TPSA) is 45.2 Å². The van der Waals surface area contributed by atoms with Crippen molar-refractivity contribution in [1.82, 2.24) is 19.9 Å². The Hall–Kier alpha value is -1.53. The van der Waals surface area contributed by atoms with Crippen LogP contribution in [0.15, 0.2) is 17.8 Å². The number of likely N-dealkylation sites (tertiary alicyclic amines) is 1. The van der Waals surface area contributed by atoms with Crippen molar-refractivity contribution in [3.8, 4) is 0 Å². The van der Waals surface area contributed by atoms with Gasteiger partial charge in [-0.05, 0) is 31.9 Å². The molecular formula is C17H23N5S. The minimum atomic E-state index is 0.442. The second-order valence-corrected chi connectivity index (χ2v) is 7.98. The highest BCUT2D eigenvalue weighted by Crippen LogP contribution is 2.41. The lowest BCUT2D eigenvalue weighted by molar-refractivity contribution is 0.199. The van der Waals surface area contributed by atoms with Crippen LogP contribution in [0, 0.1) is 12.3 Å². The van der Waals surface area contributed by atoms with Gasteiger partial charge in [0.1, 0.15) is 0 Å². The second kappa shape index (κ2) is 5.83. The molecule has 6 heteroatoms. The van der Waals surface area contributed by atoms with E-state index in [0.29, 0.717) is 5.41 Å². The first-order chi connectivity index (χ1) is 11.2. The van der Waals surface area contributed by atoms with Gasteiger partial charge in [-0.2, -0.15) is 0 Å². The van der Waals surface area contributed by atoms with Gasteiger partial charge in [0.05, 0.1) is 10.7 Å². The fourth-order valence-electron chi connectivity index (χ4n) is 3.73. The Kier molecular flexibility index (Phi) is 3.81. The van der Waals surface area contributed by atoms with Crippen molar-refractivity contribution in [2.24, 2.45) is 5.41 Å². The van der Waals surface area contributed by atoms with Gasteiger partial charge in [0.15, 0.2) is 0 Å². The van der Waals surface area contributed by atoms with E-state index in [-0.39, 0.29) is 0 Å². The first-order valence-corrected chi connectivity index (χ1v) is 9.23. The van der Waals surface area contributed by atoms with Crippen LogP contribution in [0.1, 0.15) is 29.6 Å². The number of hydrogen-bond donors (Lipinski definition) is 0. The molecule has 122 valence electrons. The van der Waals surface area contributed by atoms with E-state index in [1.54, 1.807) is 11.3 Å². The number of rotatable bonds is 4. The molecule has 2 aromatic heterocycles. The van der Waals surface area contributed by atoms with E-state index in [0.717, 1.165) is 37.0 Å². The summed E-state index contributed by atoms with van der Waals surface area (Å²) in [5.74, 6) is 0.890. The van der Waals surface area contributed by atoms with Crippen molar-refractivity contribution in [3.63, 3.8) is 0 Å². The Bertz CT molecular complexity index is 675. The maximum absolute atomic E-state index is 4.59. The van der Waals surface area contributed by atoms with Crippen LogP contribution in [-0.2, 0) is 13.0 Å². The second-order valence-electron chi connectivity index (χ2n) is 6.92. The summed E-state index contributed by atoms with van der Waals surface area (Å²) >= 11 is 1.75. The van der Waals surface area contributed by atoms with E-state index in [1.807, 2.05) is 12.4 Å². The molecule has 2 saturated heterocycles. The van der Waals surface area contributed by atoms with Gasteiger partial charge in [-0.3, -0.25) is 4.90 Å². The standard InChI is InChI=1S/C17H23N5S/c1-3-14-6-18-16(19-7-14)22-11-17(12-22)4-5-21(10-17)8-15-9-23-13(2)20-15/h6-7,9H,3-5,8,10-12H2,1-2H3. The Morgan fingerprint density at radius 2 is 2.00 bits per heavy atom.